The average molecular weight is 208 g/mol. The van der Waals surface area contributed by atoms with Gasteiger partial charge < -0.3 is 0 Å². The van der Waals surface area contributed by atoms with Gasteiger partial charge in [0.2, 0.25) is 0 Å². The van der Waals surface area contributed by atoms with Gasteiger partial charge in [0.15, 0.2) is 0 Å². The van der Waals surface area contributed by atoms with Gasteiger partial charge in [-0.2, -0.15) is 0 Å². The van der Waals surface area contributed by atoms with E-state index in [1.165, 1.54) is 0 Å². The normalized spacial score (nSPS) is 11.8. The molecule has 0 aromatic rings. The molecule has 2 nitrogen and oxygen atoms in total. The minimum atomic E-state index is 1.12. The number of hydrogen-bond donors (Lipinski definition) is 0. The van der Waals surface area contributed by atoms with Gasteiger partial charge in [0.25, 0.3) is 0 Å². The van der Waals surface area contributed by atoms with Crippen molar-refractivity contribution >= 4 is 0 Å². The van der Waals surface area contributed by atoms with Gasteiger partial charge >= 0.3 is 77.1 Å². The van der Waals surface area contributed by atoms with E-state index in [1.54, 1.807) is 0 Å². The summed E-state index contributed by atoms with van der Waals surface area (Å²) < 4.78 is 4.69. The molecular weight excluding hydrogens is 188 g/mol. The van der Waals surface area contributed by atoms with Gasteiger partial charge in [-0.1, -0.05) is 0 Å². The van der Waals surface area contributed by atoms with Gasteiger partial charge in [0.05, 0.1) is 0 Å². The van der Waals surface area contributed by atoms with Crippen LogP contribution in [-0.2, 0) is 15.4 Å². The van der Waals surface area contributed by atoms with Crippen LogP contribution in [0, 0.1) is 0 Å². The molecule has 0 aliphatic rings. The van der Waals surface area contributed by atoms with Crippen molar-refractivity contribution in [3.63, 3.8) is 0 Å². The van der Waals surface area contributed by atoms with Crippen molar-refractivity contribution in [2.45, 2.75) is 27.7 Å². The van der Waals surface area contributed by atoms with Crippen LogP contribution >= 0.6 is 0 Å². The van der Waals surface area contributed by atoms with Crippen molar-refractivity contribution < 1.29 is 15.4 Å². The van der Waals surface area contributed by atoms with Crippen LogP contribution in [0.15, 0.2) is 0 Å². The van der Waals surface area contributed by atoms with Gasteiger partial charge in [-0.25, -0.2) is 0 Å². The van der Waals surface area contributed by atoms with Gasteiger partial charge in [-0.05, 0) is 0 Å². The molecule has 73 valence electrons. The molecule has 0 aromatic carbocycles. The van der Waals surface area contributed by atoms with Gasteiger partial charge in [-0.15, -0.1) is 0 Å². The Bertz CT molecular complexity index is 70.2. The zero-order valence-electron chi connectivity index (χ0n) is 8.02. The molecule has 0 saturated carbocycles. The summed E-state index contributed by atoms with van der Waals surface area (Å²) in [6, 6.07) is 0. The molecule has 0 N–H and O–H groups in total. The Labute approximate surface area is 77.5 Å². The van der Waals surface area contributed by atoms with E-state index < -0.39 is 0 Å². The molecular formula is C8H20CuN2. The van der Waals surface area contributed by atoms with Crippen LogP contribution in [0.4, 0.5) is 0 Å². The second-order valence-electron chi connectivity index (χ2n) is 2.15. The Hall–Kier alpha value is 0.439. The molecule has 3 heteroatoms. The summed E-state index contributed by atoms with van der Waals surface area (Å²) in [4.78, 5) is 0. The molecule has 0 rings (SSSR count). The van der Waals surface area contributed by atoms with Crippen LogP contribution in [0.3, 0.4) is 0 Å². The monoisotopic (exact) mass is 207 g/mol. The number of nitrogens with zero attached hydrogens (tertiary/aromatic N) is 2. The Morgan fingerprint density at radius 1 is 0.727 bits per heavy atom. The summed E-state index contributed by atoms with van der Waals surface area (Å²) in [5, 5.41) is 0. The molecule has 0 heterocycles. The van der Waals surface area contributed by atoms with Crippen molar-refractivity contribution in [3.8, 4) is 0 Å². The molecule has 0 saturated heterocycles. The molecule has 0 amide bonds. The third-order valence-corrected chi connectivity index (χ3v) is 3.17. The van der Waals surface area contributed by atoms with Crippen molar-refractivity contribution in [1.29, 1.82) is 0 Å². The fourth-order valence-corrected chi connectivity index (χ4v) is 1.65. The van der Waals surface area contributed by atoms with Crippen LogP contribution in [-0.4, -0.2) is 34.0 Å². The van der Waals surface area contributed by atoms with Gasteiger partial charge in [0.1, 0.15) is 0 Å². The molecule has 0 spiro atoms. The molecule has 0 radical (unpaired) electrons. The van der Waals surface area contributed by atoms with Crippen molar-refractivity contribution in [3.05, 3.63) is 0 Å². The SMILES string of the molecule is CC[N](CC)[Cu][N](CC)CC. The zero-order chi connectivity index (χ0) is 8.69. The van der Waals surface area contributed by atoms with Gasteiger partial charge in [-0.3, -0.25) is 0 Å². The molecule has 0 atom stereocenters. The first-order valence-electron chi connectivity index (χ1n) is 4.36. The Kier molecular flexibility index (Phi) is 7.39. The fraction of sp³-hybridized carbons (Fsp3) is 1.00. The fourth-order valence-electron chi connectivity index (χ4n) is 0.738. The van der Waals surface area contributed by atoms with E-state index in [9.17, 15) is 0 Å². The van der Waals surface area contributed by atoms with Gasteiger partial charge in [0, 0.05) is 0 Å². The summed E-state index contributed by atoms with van der Waals surface area (Å²) in [7, 11) is 0. The standard InChI is InChI=1S/2C4H10N.Cu/c2*1-3-5-4-2;/h2*3-4H2,1-2H3;/q2*-1;+2. The Balaban J connectivity index is 3.58. The van der Waals surface area contributed by atoms with E-state index in [1.807, 2.05) is 15.4 Å². The first-order valence-corrected chi connectivity index (χ1v) is 5.21. The number of hydrogen-bond acceptors (Lipinski definition) is 2. The van der Waals surface area contributed by atoms with E-state index in [0.717, 1.165) is 26.2 Å². The van der Waals surface area contributed by atoms with E-state index in [0.29, 0.717) is 0 Å². The van der Waals surface area contributed by atoms with Crippen molar-refractivity contribution in [2.75, 3.05) is 26.2 Å². The topological polar surface area (TPSA) is 6.48 Å². The quantitative estimate of drug-likeness (QED) is 0.611. The Morgan fingerprint density at radius 2 is 1.00 bits per heavy atom. The Morgan fingerprint density at radius 3 is 1.18 bits per heavy atom. The zero-order valence-corrected chi connectivity index (χ0v) is 8.97. The summed E-state index contributed by atoms with van der Waals surface area (Å²) in [5.41, 5.74) is 0. The summed E-state index contributed by atoms with van der Waals surface area (Å²) in [6.45, 7) is 13.2. The third-order valence-electron chi connectivity index (χ3n) is 1.45. The first-order chi connectivity index (χ1) is 5.28. The first kappa shape index (κ1) is 11.4. The van der Waals surface area contributed by atoms with E-state index >= 15 is 0 Å². The maximum atomic E-state index is 2.34. The van der Waals surface area contributed by atoms with E-state index in [4.69, 9.17) is 0 Å². The minimum absolute atomic E-state index is 1.12. The second kappa shape index (κ2) is 7.11. The number of rotatable bonds is 6. The molecule has 0 unspecified atom stereocenters. The second-order valence-corrected chi connectivity index (χ2v) is 3.53. The van der Waals surface area contributed by atoms with E-state index in [-0.39, 0.29) is 0 Å². The van der Waals surface area contributed by atoms with Crippen LogP contribution in [0.25, 0.3) is 0 Å². The van der Waals surface area contributed by atoms with E-state index in [2.05, 4.69) is 35.5 Å². The van der Waals surface area contributed by atoms with Crippen LogP contribution < -0.4 is 0 Å². The predicted molar refractivity (Wildman–Crippen MR) is 45.8 cm³/mol. The summed E-state index contributed by atoms with van der Waals surface area (Å²) in [6.07, 6.45) is 0. The van der Waals surface area contributed by atoms with Crippen LogP contribution in [0.5, 0.6) is 0 Å². The molecule has 11 heavy (non-hydrogen) atoms. The van der Waals surface area contributed by atoms with Crippen molar-refractivity contribution in [2.24, 2.45) is 0 Å². The molecule has 0 fully saturated rings. The molecule has 0 bridgehead atoms. The average Bonchev–Trinajstić information content (AvgIpc) is 2.07. The predicted octanol–water partition coefficient (Wildman–Crippen LogP) is 1.58. The summed E-state index contributed by atoms with van der Waals surface area (Å²) >= 11 is 1.95. The maximum absolute atomic E-state index is 2.34. The third kappa shape index (κ3) is 4.81. The van der Waals surface area contributed by atoms with Crippen LogP contribution in [0.2, 0.25) is 0 Å². The molecule has 0 aliphatic heterocycles. The van der Waals surface area contributed by atoms with Crippen LogP contribution in [0.1, 0.15) is 27.7 Å². The molecule has 0 aliphatic carbocycles. The molecule has 0 aromatic heterocycles. The van der Waals surface area contributed by atoms with Crippen molar-refractivity contribution in [1.82, 2.24) is 7.83 Å². The summed E-state index contributed by atoms with van der Waals surface area (Å²) in [5.74, 6) is 0.